The minimum absolute atomic E-state index is 0.170. The molecular weight excluding hydrogens is 204 g/mol. The van der Waals surface area contributed by atoms with E-state index in [1.807, 2.05) is 19.4 Å². The van der Waals surface area contributed by atoms with Crippen molar-refractivity contribution in [2.24, 2.45) is 13.0 Å². The molecule has 2 unspecified atom stereocenters. The van der Waals surface area contributed by atoms with Gasteiger partial charge in [0, 0.05) is 26.3 Å². The Morgan fingerprint density at radius 3 is 3.06 bits per heavy atom. The van der Waals surface area contributed by atoms with Gasteiger partial charge in [0.25, 0.3) is 0 Å². The van der Waals surface area contributed by atoms with Crippen LogP contribution in [0.1, 0.15) is 25.3 Å². The standard InChI is InChI=1S/C12H18N2O2/c1-9-5-6-16-12(9)11(15)4-3-10-7-13-14(2)8-10/h7-9,12H,3-6H2,1-2H3. The van der Waals surface area contributed by atoms with Crippen LogP contribution in [-0.4, -0.2) is 28.3 Å². The minimum atomic E-state index is -0.170. The van der Waals surface area contributed by atoms with E-state index in [9.17, 15) is 4.79 Å². The summed E-state index contributed by atoms with van der Waals surface area (Å²) in [5.74, 6) is 0.607. The van der Waals surface area contributed by atoms with Crippen LogP contribution >= 0.6 is 0 Å². The second-order valence-electron chi connectivity index (χ2n) is 4.55. The molecule has 1 aromatic rings. The number of ether oxygens (including phenoxy) is 1. The minimum Gasteiger partial charge on any atom is -0.370 e. The molecule has 88 valence electrons. The molecule has 1 saturated heterocycles. The summed E-state index contributed by atoms with van der Waals surface area (Å²) in [6.07, 6.45) is 5.92. The Kier molecular flexibility index (Phi) is 3.39. The van der Waals surface area contributed by atoms with Gasteiger partial charge in [0.15, 0.2) is 5.78 Å². The average molecular weight is 222 g/mol. The quantitative estimate of drug-likeness (QED) is 0.772. The summed E-state index contributed by atoms with van der Waals surface area (Å²) in [5, 5.41) is 4.08. The van der Waals surface area contributed by atoms with Crippen molar-refractivity contribution < 1.29 is 9.53 Å². The van der Waals surface area contributed by atoms with Gasteiger partial charge in [0.05, 0.1) is 6.20 Å². The van der Waals surface area contributed by atoms with Crippen LogP contribution in [0.3, 0.4) is 0 Å². The van der Waals surface area contributed by atoms with Gasteiger partial charge in [-0.15, -0.1) is 0 Å². The van der Waals surface area contributed by atoms with E-state index in [-0.39, 0.29) is 11.9 Å². The second kappa shape index (κ2) is 4.78. The summed E-state index contributed by atoms with van der Waals surface area (Å²) in [6, 6.07) is 0. The number of nitrogens with zero attached hydrogens (tertiary/aromatic N) is 2. The Morgan fingerprint density at radius 1 is 1.69 bits per heavy atom. The van der Waals surface area contributed by atoms with Crippen molar-refractivity contribution in [3.8, 4) is 0 Å². The fourth-order valence-corrected chi connectivity index (χ4v) is 2.12. The lowest BCUT2D eigenvalue weighted by molar-refractivity contribution is -0.129. The molecule has 1 aromatic heterocycles. The van der Waals surface area contributed by atoms with Gasteiger partial charge in [-0.05, 0) is 24.3 Å². The number of ketones is 1. The SMILES string of the molecule is CC1CCOC1C(=O)CCc1cnn(C)c1. The number of rotatable bonds is 4. The van der Waals surface area contributed by atoms with E-state index in [4.69, 9.17) is 4.74 Å². The van der Waals surface area contributed by atoms with Crippen LogP contribution in [-0.2, 0) is 23.0 Å². The number of carbonyl (C=O) groups is 1. The van der Waals surface area contributed by atoms with Gasteiger partial charge in [-0.3, -0.25) is 9.48 Å². The van der Waals surface area contributed by atoms with Gasteiger partial charge in [0.1, 0.15) is 6.10 Å². The zero-order valence-electron chi connectivity index (χ0n) is 9.85. The smallest absolute Gasteiger partial charge is 0.162 e. The molecule has 0 spiro atoms. The molecule has 2 heterocycles. The van der Waals surface area contributed by atoms with Crippen molar-refractivity contribution in [2.45, 2.75) is 32.3 Å². The molecule has 0 amide bonds. The maximum absolute atomic E-state index is 11.9. The maximum atomic E-state index is 11.9. The molecule has 1 fully saturated rings. The van der Waals surface area contributed by atoms with Crippen LogP contribution < -0.4 is 0 Å². The molecule has 2 atom stereocenters. The van der Waals surface area contributed by atoms with E-state index in [0.717, 1.165) is 25.0 Å². The van der Waals surface area contributed by atoms with Gasteiger partial charge >= 0.3 is 0 Å². The molecular formula is C12H18N2O2. The van der Waals surface area contributed by atoms with E-state index in [0.29, 0.717) is 12.3 Å². The molecule has 2 rings (SSSR count). The summed E-state index contributed by atoms with van der Waals surface area (Å²) in [7, 11) is 1.88. The highest BCUT2D eigenvalue weighted by atomic mass is 16.5. The molecule has 0 N–H and O–H groups in total. The van der Waals surface area contributed by atoms with Gasteiger partial charge in [0.2, 0.25) is 0 Å². The average Bonchev–Trinajstić information content (AvgIpc) is 2.84. The van der Waals surface area contributed by atoms with Gasteiger partial charge in [-0.1, -0.05) is 6.92 Å². The van der Waals surface area contributed by atoms with Crippen molar-refractivity contribution in [3.63, 3.8) is 0 Å². The molecule has 16 heavy (non-hydrogen) atoms. The zero-order valence-corrected chi connectivity index (χ0v) is 9.85. The predicted octanol–water partition coefficient (Wildman–Crippen LogP) is 1.35. The maximum Gasteiger partial charge on any atom is 0.162 e. The molecule has 1 aliphatic heterocycles. The van der Waals surface area contributed by atoms with Crippen molar-refractivity contribution in [2.75, 3.05) is 6.61 Å². The van der Waals surface area contributed by atoms with Gasteiger partial charge in [-0.2, -0.15) is 5.10 Å². The first-order valence-corrected chi connectivity index (χ1v) is 5.78. The van der Waals surface area contributed by atoms with E-state index < -0.39 is 0 Å². The third-order valence-electron chi connectivity index (χ3n) is 3.12. The first-order chi connectivity index (χ1) is 7.66. The molecule has 0 bridgehead atoms. The Bertz CT molecular complexity index is 373. The fourth-order valence-electron chi connectivity index (χ4n) is 2.12. The van der Waals surface area contributed by atoms with Crippen molar-refractivity contribution in [3.05, 3.63) is 18.0 Å². The molecule has 0 saturated carbocycles. The number of aromatic nitrogens is 2. The number of aryl methyl sites for hydroxylation is 2. The van der Waals surface area contributed by atoms with Crippen LogP contribution in [0.2, 0.25) is 0 Å². The third-order valence-corrected chi connectivity index (χ3v) is 3.12. The van der Waals surface area contributed by atoms with Crippen LogP contribution in [0.25, 0.3) is 0 Å². The molecule has 0 radical (unpaired) electrons. The third kappa shape index (κ3) is 2.50. The molecule has 1 aliphatic rings. The van der Waals surface area contributed by atoms with Crippen LogP contribution in [0, 0.1) is 5.92 Å². The number of carbonyl (C=O) groups excluding carboxylic acids is 1. The van der Waals surface area contributed by atoms with Crippen molar-refractivity contribution >= 4 is 5.78 Å². The zero-order chi connectivity index (χ0) is 11.5. The highest BCUT2D eigenvalue weighted by molar-refractivity contribution is 5.83. The summed E-state index contributed by atoms with van der Waals surface area (Å²) in [6.45, 7) is 2.81. The van der Waals surface area contributed by atoms with Gasteiger partial charge in [-0.25, -0.2) is 0 Å². The Labute approximate surface area is 95.6 Å². The topological polar surface area (TPSA) is 44.1 Å². The van der Waals surface area contributed by atoms with E-state index >= 15 is 0 Å². The van der Waals surface area contributed by atoms with E-state index in [1.165, 1.54) is 0 Å². The largest absolute Gasteiger partial charge is 0.370 e. The Balaban J connectivity index is 1.83. The highest BCUT2D eigenvalue weighted by Gasteiger charge is 2.30. The number of Topliss-reactive ketones (excluding diaryl/α,β-unsaturated/α-hetero) is 1. The molecule has 4 heteroatoms. The summed E-state index contributed by atoms with van der Waals surface area (Å²) in [4.78, 5) is 11.9. The first kappa shape index (κ1) is 11.3. The number of hydrogen-bond acceptors (Lipinski definition) is 3. The van der Waals surface area contributed by atoms with Gasteiger partial charge < -0.3 is 4.74 Å². The van der Waals surface area contributed by atoms with Crippen LogP contribution in [0.4, 0.5) is 0 Å². The van der Waals surface area contributed by atoms with E-state index in [1.54, 1.807) is 4.68 Å². The normalized spacial score (nSPS) is 24.9. The highest BCUT2D eigenvalue weighted by Crippen LogP contribution is 2.22. The Hall–Kier alpha value is -1.16. The summed E-state index contributed by atoms with van der Waals surface area (Å²) in [5.41, 5.74) is 1.11. The van der Waals surface area contributed by atoms with E-state index in [2.05, 4.69) is 12.0 Å². The van der Waals surface area contributed by atoms with Crippen LogP contribution in [0.15, 0.2) is 12.4 Å². The fraction of sp³-hybridized carbons (Fsp3) is 0.667. The summed E-state index contributed by atoms with van der Waals surface area (Å²) < 4.78 is 7.21. The monoisotopic (exact) mass is 222 g/mol. The Morgan fingerprint density at radius 2 is 2.50 bits per heavy atom. The lowest BCUT2D eigenvalue weighted by atomic mass is 9.97. The predicted molar refractivity (Wildman–Crippen MR) is 60.1 cm³/mol. The first-order valence-electron chi connectivity index (χ1n) is 5.78. The molecule has 0 aromatic carbocycles. The summed E-state index contributed by atoms with van der Waals surface area (Å²) >= 11 is 0. The lowest BCUT2D eigenvalue weighted by Crippen LogP contribution is -2.25. The molecule has 0 aliphatic carbocycles. The van der Waals surface area contributed by atoms with Crippen LogP contribution in [0.5, 0.6) is 0 Å². The molecule has 4 nitrogen and oxygen atoms in total. The lowest BCUT2D eigenvalue weighted by Gasteiger charge is -2.12. The number of hydrogen-bond donors (Lipinski definition) is 0. The van der Waals surface area contributed by atoms with Crippen molar-refractivity contribution in [1.82, 2.24) is 9.78 Å². The second-order valence-corrected chi connectivity index (χ2v) is 4.55. The van der Waals surface area contributed by atoms with Crippen molar-refractivity contribution in [1.29, 1.82) is 0 Å².